The highest BCUT2D eigenvalue weighted by atomic mass is 32.1. The van der Waals surface area contributed by atoms with Gasteiger partial charge in [-0.2, -0.15) is 12.6 Å². The Morgan fingerprint density at radius 2 is 1.50 bits per heavy atom. The van der Waals surface area contributed by atoms with Crippen LogP contribution < -0.4 is 0 Å². The molecule has 0 saturated heterocycles. The molecule has 0 N–H and O–H groups in total. The molecule has 18 heavy (non-hydrogen) atoms. The molecule has 0 unspecified atom stereocenters. The summed E-state index contributed by atoms with van der Waals surface area (Å²) in [5.41, 5.74) is 1.20. The van der Waals surface area contributed by atoms with Crippen molar-refractivity contribution >= 4 is 35.2 Å². The molecule has 3 nitrogen and oxygen atoms in total. The van der Waals surface area contributed by atoms with E-state index in [1.54, 1.807) is 12.1 Å². The van der Waals surface area contributed by atoms with Crippen LogP contribution in [0.2, 0.25) is 0 Å². The second-order valence-electron chi connectivity index (χ2n) is 4.19. The standard InChI is InChI=1S/C14H11NO2S/c16-13-10-5-1-3-9-4-2-6-11(12(9)10)14(17)15(13)7-8-18/h1-6,18H,7-8H2. The van der Waals surface area contributed by atoms with Crippen molar-refractivity contribution in [3.8, 4) is 0 Å². The van der Waals surface area contributed by atoms with Crippen LogP contribution in [0.1, 0.15) is 20.7 Å². The van der Waals surface area contributed by atoms with E-state index in [1.807, 2.05) is 24.3 Å². The van der Waals surface area contributed by atoms with E-state index in [2.05, 4.69) is 12.6 Å². The largest absolute Gasteiger partial charge is 0.274 e. The smallest absolute Gasteiger partial charge is 0.261 e. The summed E-state index contributed by atoms with van der Waals surface area (Å²) >= 11 is 4.10. The van der Waals surface area contributed by atoms with Crippen LogP contribution in [0.25, 0.3) is 10.8 Å². The molecule has 0 spiro atoms. The van der Waals surface area contributed by atoms with Crippen molar-refractivity contribution in [3.05, 3.63) is 47.5 Å². The Balaban J connectivity index is 2.32. The summed E-state index contributed by atoms with van der Waals surface area (Å²) in [6.07, 6.45) is 0. The third kappa shape index (κ3) is 1.46. The maximum absolute atomic E-state index is 12.3. The van der Waals surface area contributed by atoms with Crippen molar-refractivity contribution in [3.63, 3.8) is 0 Å². The number of hydrogen-bond donors (Lipinski definition) is 1. The van der Waals surface area contributed by atoms with Crippen LogP contribution in [0.4, 0.5) is 0 Å². The minimum Gasteiger partial charge on any atom is -0.274 e. The van der Waals surface area contributed by atoms with Gasteiger partial charge in [0, 0.05) is 28.8 Å². The highest BCUT2D eigenvalue weighted by Crippen LogP contribution is 2.29. The molecule has 4 heteroatoms. The molecule has 2 aromatic carbocycles. The second-order valence-corrected chi connectivity index (χ2v) is 4.64. The van der Waals surface area contributed by atoms with E-state index in [0.717, 1.165) is 10.8 Å². The predicted molar refractivity (Wildman–Crippen MR) is 73.2 cm³/mol. The first-order chi connectivity index (χ1) is 8.74. The molecule has 0 atom stereocenters. The van der Waals surface area contributed by atoms with Crippen molar-refractivity contribution in [1.82, 2.24) is 4.90 Å². The summed E-state index contributed by atoms with van der Waals surface area (Å²) in [6.45, 7) is 0.339. The van der Waals surface area contributed by atoms with E-state index >= 15 is 0 Å². The van der Waals surface area contributed by atoms with Gasteiger partial charge in [-0.3, -0.25) is 14.5 Å². The molecule has 0 aromatic heterocycles. The molecule has 1 aliphatic heterocycles. The topological polar surface area (TPSA) is 37.4 Å². The third-order valence-corrected chi connectivity index (χ3v) is 3.38. The highest BCUT2D eigenvalue weighted by molar-refractivity contribution is 7.80. The summed E-state index contributed by atoms with van der Waals surface area (Å²) in [7, 11) is 0. The summed E-state index contributed by atoms with van der Waals surface area (Å²) in [5.74, 6) is 0.0204. The highest BCUT2D eigenvalue weighted by Gasteiger charge is 2.31. The average molecular weight is 257 g/mol. The van der Waals surface area contributed by atoms with E-state index in [0.29, 0.717) is 23.4 Å². The van der Waals surface area contributed by atoms with Crippen LogP contribution in [-0.2, 0) is 0 Å². The van der Waals surface area contributed by atoms with Crippen LogP contribution in [-0.4, -0.2) is 29.0 Å². The van der Waals surface area contributed by atoms with Gasteiger partial charge in [-0.05, 0) is 17.5 Å². The van der Waals surface area contributed by atoms with Gasteiger partial charge in [-0.15, -0.1) is 0 Å². The quantitative estimate of drug-likeness (QED) is 0.662. The first-order valence-corrected chi connectivity index (χ1v) is 6.36. The van der Waals surface area contributed by atoms with E-state index < -0.39 is 0 Å². The molecule has 2 aromatic rings. The minimum absolute atomic E-state index is 0.224. The first kappa shape index (κ1) is 11.3. The Morgan fingerprint density at radius 3 is 2.00 bits per heavy atom. The van der Waals surface area contributed by atoms with Crippen LogP contribution in [0.15, 0.2) is 36.4 Å². The normalized spacial score (nSPS) is 14.4. The fourth-order valence-corrected chi connectivity index (χ4v) is 2.58. The maximum atomic E-state index is 12.3. The number of benzene rings is 2. The molecule has 1 heterocycles. The lowest BCUT2D eigenvalue weighted by molar-refractivity contribution is 0.0621. The Labute approximate surface area is 110 Å². The van der Waals surface area contributed by atoms with E-state index in [-0.39, 0.29) is 11.8 Å². The molecule has 0 radical (unpaired) electrons. The Morgan fingerprint density at radius 1 is 0.944 bits per heavy atom. The molecule has 90 valence electrons. The van der Waals surface area contributed by atoms with Gasteiger partial charge in [0.25, 0.3) is 11.8 Å². The van der Waals surface area contributed by atoms with Crippen molar-refractivity contribution < 1.29 is 9.59 Å². The molecule has 2 amide bonds. The first-order valence-electron chi connectivity index (χ1n) is 5.73. The van der Waals surface area contributed by atoms with Gasteiger partial charge in [0.05, 0.1) is 0 Å². The van der Waals surface area contributed by atoms with Crippen LogP contribution in [0.3, 0.4) is 0 Å². The monoisotopic (exact) mass is 257 g/mol. The summed E-state index contributed by atoms with van der Waals surface area (Å²) in [4.78, 5) is 25.8. The molecular weight excluding hydrogens is 246 g/mol. The average Bonchev–Trinajstić information content (AvgIpc) is 2.40. The zero-order valence-corrected chi connectivity index (χ0v) is 10.5. The van der Waals surface area contributed by atoms with Gasteiger partial charge in [0.15, 0.2) is 0 Å². The summed E-state index contributed by atoms with van der Waals surface area (Å²) in [5, 5.41) is 1.70. The molecule has 1 aliphatic rings. The molecule has 3 rings (SSSR count). The van der Waals surface area contributed by atoms with Crippen LogP contribution in [0, 0.1) is 0 Å². The van der Waals surface area contributed by atoms with E-state index in [1.165, 1.54) is 4.90 Å². The van der Waals surface area contributed by atoms with Gasteiger partial charge in [0.1, 0.15) is 0 Å². The van der Waals surface area contributed by atoms with Crippen molar-refractivity contribution in [1.29, 1.82) is 0 Å². The third-order valence-electron chi connectivity index (χ3n) is 3.18. The lowest BCUT2D eigenvalue weighted by atomic mass is 9.94. The van der Waals surface area contributed by atoms with Crippen molar-refractivity contribution in [2.24, 2.45) is 0 Å². The SMILES string of the molecule is O=C1c2cccc3cccc(c23)C(=O)N1CCS. The minimum atomic E-state index is -0.224. The van der Waals surface area contributed by atoms with Gasteiger partial charge in [-0.1, -0.05) is 24.3 Å². The van der Waals surface area contributed by atoms with Gasteiger partial charge in [0.2, 0.25) is 0 Å². The van der Waals surface area contributed by atoms with E-state index in [9.17, 15) is 9.59 Å². The number of rotatable bonds is 2. The Kier molecular flexibility index (Phi) is 2.59. The van der Waals surface area contributed by atoms with Crippen molar-refractivity contribution in [2.75, 3.05) is 12.3 Å². The number of carbonyl (C=O) groups excluding carboxylic acids is 2. The fraction of sp³-hybridized carbons (Fsp3) is 0.143. The summed E-state index contributed by atoms with van der Waals surface area (Å²) < 4.78 is 0. The molecular formula is C14H11NO2S. The number of imide groups is 1. The maximum Gasteiger partial charge on any atom is 0.261 e. The Bertz CT molecular complexity index is 615. The molecule has 0 bridgehead atoms. The number of hydrogen-bond acceptors (Lipinski definition) is 3. The number of amides is 2. The number of nitrogens with zero attached hydrogens (tertiary/aromatic N) is 1. The molecule has 0 aliphatic carbocycles. The van der Waals surface area contributed by atoms with Gasteiger partial charge >= 0.3 is 0 Å². The molecule has 0 fully saturated rings. The van der Waals surface area contributed by atoms with Crippen LogP contribution >= 0.6 is 12.6 Å². The number of carbonyl (C=O) groups is 2. The number of thiol groups is 1. The zero-order valence-electron chi connectivity index (χ0n) is 9.59. The summed E-state index contributed by atoms with van der Waals surface area (Å²) in [6, 6.07) is 11.1. The lowest BCUT2D eigenvalue weighted by Gasteiger charge is -2.26. The molecule has 0 saturated carbocycles. The predicted octanol–water partition coefficient (Wildman–Crippen LogP) is 2.37. The van der Waals surface area contributed by atoms with Crippen molar-refractivity contribution in [2.45, 2.75) is 0 Å². The fourth-order valence-electron chi connectivity index (χ4n) is 2.38. The van der Waals surface area contributed by atoms with Crippen LogP contribution in [0.5, 0.6) is 0 Å². The zero-order chi connectivity index (χ0) is 12.7. The van der Waals surface area contributed by atoms with Gasteiger partial charge in [-0.25, -0.2) is 0 Å². The second kappa shape index (κ2) is 4.14. The van der Waals surface area contributed by atoms with Gasteiger partial charge < -0.3 is 0 Å². The Hall–Kier alpha value is -1.81. The lowest BCUT2D eigenvalue weighted by Crippen LogP contribution is -2.41. The van der Waals surface area contributed by atoms with E-state index in [4.69, 9.17) is 0 Å².